The molecular formula is C49H55N7O8. The Labute approximate surface area is 373 Å². The monoisotopic (exact) mass is 869 g/mol. The number of carbonyl (C=O) groups excluding carboxylic acids is 4. The standard InChI is InChI=1S/C49H55N7O8/c1-28(2)45(50)47(58)53-29(3)46(57)54-34-14-13-31-19-36-25-52-40-23-44(42(62-5)21-38(40)49(60)56(36)27-33(31)17-34)64-16-10-6-9-15-63-43-22-39-37(20-41(43)61-4)48(59)55-26-32-12-8-7-11-30(32)18-35(55)24-51-39/h7-8,11-14,17,20-25,28-29,35-36,45H,6,9-10,15-16,18-19,26-27,50H2,1-5H3,(H,53,58)(H,54,57)/t29-,35-,36-,45?/m0/s1. The summed E-state index contributed by atoms with van der Waals surface area (Å²) in [6.45, 7) is 6.99. The van der Waals surface area contributed by atoms with Crippen molar-refractivity contribution in [2.24, 2.45) is 21.6 Å². The number of nitrogens with two attached hydrogens (primary N) is 1. The van der Waals surface area contributed by atoms with Crippen LogP contribution in [0.4, 0.5) is 17.1 Å². The average molecular weight is 870 g/mol. The first-order valence-corrected chi connectivity index (χ1v) is 21.9. The molecule has 8 rings (SSSR count). The molecule has 64 heavy (non-hydrogen) atoms. The van der Waals surface area contributed by atoms with Crippen LogP contribution in [0, 0.1) is 5.92 Å². The molecule has 0 aliphatic carbocycles. The number of nitrogens with one attached hydrogen (secondary N) is 2. The van der Waals surface area contributed by atoms with E-state index in [9.17, 15) is 19.2 Å². The van der Waals surface area contributed by atoms with E-state index in [2.05, 4.69) is 22.8 Å². The van der Waals surface area contributed by atoms with E-state index in [1.54, 1.807) is 56.5 Å². The normalized spacial score (nSPS) is 17.9. The van der Waals surface area contributed by atoms with Crippen LogP contribution in [-0.4, -0.2) is 97.5 Å². The molecule has 0 saturated heterocycles. The summed E-state index contributed by atoms with van der Waals surface area (Å²) in [5, 5.41) is 5.56. The number of unbranched alkanes of at least 4 members (excludes halogenated alkanes) is 2. The predicted octanol–water partition coefficient (Wildman–Crippen LogP) is 6.32. The van der Waals surface area contributed by atoms with Gasteiger partial charge in [-0.2, -0.15) is 0 Å². The first-order valence-electron chi connectivity index (χ1n) is 21.9. The minimum Gasteiger partial charge on any atom is -0.493 e. The van der Waals surface area contributed by atoms with Crippen molar-refractivity contribution in [1.29, 1.82) is 0 Å². The van der Waals surface area contributed by atoms with E-state index in [1.165, 1.54) is 5.56 Å². The Balaban J connectivity index is 0.841. The van der Waals surface area contributed by atoms with Gasteiger partial charge in [0.15, 0.2) is 23.0 Å². The number of ether oxygens (including phenoxy) is 4. The molecular weight excluding hydrogens is 815 g/mol. The van der Waals surface area contributed by atoms with Crippen LogP contribution in [0.25, 0.3) is 0 Å². The number of hydrogen-bond acceptors (Lipinski definition) is 11. The summed E-state index contributed by atoms with van der Waals surface area (Å²) in [5.74, 6) is 0.847. The van der Waals surface area contributed by atoms with Gasteiger partial charge in [0, 0.05) is 43.3 Å². The van der Waals surface area contributed by atoms with Gasteiger partial charge < -0.3 is 45.1 Å². The Hall–Kier alpha value is -6.74. The van der Waals surface area contributed by atoms with Gasteiger partial charge in [-0.25, -0.2) is 0 Å². The SMILES string of the molecule is COc1cc2c(cc1OCCCCCOc1cc3c(cc1OC)C(=O)N1Cc4cc(NC(=O)[C@H](C)NC(=O)C(N)C(C)C)ccc4C[C@H]1C=N3)N=C[C@@H]1Cc3ccccc3CN1C2=O. The van der Waals surface area contributed by atoms with Crippen LogP contribution in [0.1, 0.15) is 83.0 Å². The number of fused-ring (bicyclic) bond motifs is 6. The van der Waals surface area contributed by atoms with E-state index >= 15 is 0 Å². The molecule has 4 aliphatic heterocycles. The summed E-state index contributed by atoms with van der Waals surface area (Å²) < 4.78 is 23.7. The Morgan fingerprint density at radius 2 is 1.22 bits per heavy atom. The summed E-state index contributed by atoms with van der Waals surface area (Å²) in [6, 6.07) is 18.9. The van der Waals surface area contributed by atoms with Crippen LogP contribution in [0.3, 0.4) is 0 Å². The third-order valence-corrected chi connectivity index (χ3v) is 12.3. The zero-order valence-electron chi connectivity index (χ0n) is 36.9. The third kappa shape index (κ3) is 9.16. The maximum Gasteiger partial charge on any atom is 0.257 e. The van der Waals surface area contributed by atoms with E-state index in [0.29, 0.717) is 83.9 Å². The third-order valence-electron chi connectivity index (χ3n) is 12.3. The molecule has 15 nitrogen and oxygen atoms in total. The quantitative estimate of drug-likeness (QED) is 0.115. The lowest BCUT2D eigenvalue weighted by Gasteiger charge is -2.34. The number of rotatable bonds is 15. The molecule has 0 aromatic heterocycles. The summed E-state index contributed by atoms with van der Waals surface area (Å²) in [5.41, 5.74) is 12.8. The molecule has 1 unspecified atom stereocenters. The van der Waals surface area contributed by atoms with E-state index in [0.717, 1.165) is 42.4 Å². The topological polar surface area (TPSA) is 186 Å². The minimum absolute atomic E-state index is 0.0654. The molecule has 4 aliphatic rings. The van der Waals surface area contributed by atoms with Crippen LogP contribution in [0.2, 0.25) is 0 Å². The number of amides is 4. The van der Waals surface area contributed by atoms with Crippen LogP contribution in [0.5, 0.6) is 23.0 Å². The summed E-state index contributed by atoms with van der Waals surface area (Å²) in [4.78, 5) is 66.3. The molecule has 15 heteroatoms. The average Bonchev–Trinajstić information content (AvgIpc) is 3.51. The van der Waals surface area contributed by atoms with Gasteiger partial charge in [0.1, 0.15) is 6.04 Å². The first kappa shape index (κ1) is 43.9. The number of methoxy groups -OCH3 is 2. The molecule has 0 bridgehead atoms. The van der Waals surface area contributed by atoms with Crippen LogP contribution < -0.4 is 35.3 Å². The van der Waals surface area contributed by atoms with Crippen molar-refractivity contribution in [3.8, 4) is 23.0 Å². The van der Waals surface area contributed by atoms with E-state index in [1.807, 2.05) is 55.3 Å². The van der Waals surface area contributed by atoms with Crippen LogP contribution in [-0.2, 0) is 35.5 Å². The number of benzene rings is 4. The number of nitrogens with zero attached hydrogens (tertiary/aromatic N) is 4. The predicted molar refractivity (Wildman–Crippen MR) is 244 cm³/mol. The number of aliphatic imine (C=N–C) groups is 2. The van der Waals surface area contributed by atoms with Crippen molar-refractivity contribution < 1.29 is 38.1 Å². The maximum absolute atomic E-state index is 14.1. The fourth-order valence-corrected chi connectivity index (χ4v) is 8.46. The molecule has 0 fully saturated rings. The second-order valence-corrected chi connectivity index (χ2v) is 17.0. The highest BCUT2D eigenvalue weighted by atomic mass is 16.5. The molecule has 4 heterocycles. The highest BCUT2D eigenvalue weighted by molar-refractivity contribution is 6.04. The van der Waals surface area contributed by atoms with Crippen LogP contribution in [0.15, 0.2) is 76.7 Å². The molecule has 0 saturated carbocycles. The lowest BCUT2D eigenvalue weighted by atomic mass is 9.93. The lowest BCUT2D eigenvalue weighted by molar-refractivity contribution is -0.127. The smallest absolute Gasteiger partial charge is 0.257 e. The van der Waals surface area contributed by atoms with E-state index < -0.39 is 12.1 Å². The van der Waals surface area contributed by atoms with E-state index in [-0.39, 0.29) is 41.6 Å². The molecule has 4 aromatic carbocycles. The maximum atomic E-state index is 14.1. The first-order chi connectivity index (χ1) is 30.9. The van der Waals surface area contributed by atoms with Gasteiger partial charge in [0.2, 0.25) is 11.8 Å². The Bertz CT molecular complexity index is 2520. The fraction of sp³-hybridized carbons (Fsp3) is 0.388. The Kier molecular flexibility index (Phi) is 13.0. The highest BCUT2D eigenvalue weighted by Gasteiger charge is 2.35. The molecule has 0 spiro atoms. The molecule has 4 amide bonds. The fourth-order valence-electron chi connectivity index (χ4n) is 8.46. The van der Waals surface area contributed by atoms with E-state index in [4.69, 9.17) is 34.7 Å². The van der Waals surface area contributed by atoms with Gasteiger partial charge in [0.25, 0.3) is 11.8 Å². The Morgan fingerprint density at radius 1 is 0.688 bits per heavy atom. The van der Waals surface area contributed by atoms with Crippen molar-refractivity contribution in [2.45, 2.75) is 90.1 Å². The van der Waals surface area contributed by atoms with Crippen LogP contribution >= 0.6 is 0 Å². The summed E-state index contributed by atoms with van der Waals surface area (Å²) in [6.07, 6.45) is 7.24. The zero-order chi connectivity index (χ0) is 45.1. The highest BCUT2D eigenvalue weighted by Crippen LogP contribution is 2.40. The second kappa shape index (κ2) is 18.9. The Morgan fingerprint density at radius 3 is 1.77 bits per heavy atom. The molecule has 4 N–H and O–H groups in total. The second-order valence-electron chi connectivity index (χ2n) is 17.0. The molecule has 4 aromatic rings. The van der Waals surface area contributed by atoms with Crippen molar-refractivity contribution in [2.75, 3.05) is 32.8 Å². The summed E-state index contributed by atoms with van der Waals surface area (Å²) in [7, 11) is 3.11. The number of hydrogen-bond donors (Lipinski definition) is 3. The van der Waals surface area contributed by atoms with Gasteiger partial charge in [-0.05, 0) is 91.5 Å². The van der Waals surface area contributed by atoms with Crippen molar-refractivity contribution in [3.05, 3.63) is 100 Å². The van der Waals surface area contributed by atoms with Gasteiger partial charge in [-0.15, -0.1) is 0 Å². The van der Waals surface area contributed by atoms with Crippen molar-refractivity contribution in [3.63, 3.8) is 0 Å². The molecule has 0 radical (unpaired) electrons. The molecule has 334 valence electrons. The van der Waals surface area contributed by atoms with Gasteiger partial charge in [0.05, 0.1) is 68.1 Å². The van der Waals surface area contributed by atoms with Crippen molar-refractivity contribution in [1.82, 2.24) is 15.1 Å². The number of carbonyl (C=O) groups is 4. The minimum atomic E-state index is -0.794. The number of anilines is 1. The largest absolute Gasteiger partial charge is 0.493 e. The lowest BCUT2D eigenvalue weighted by Crippen LogP contribution is -2.50. The van der Waals surface area contributed by atoms with Crippen molar-refractivity contribution >= 4 is 53.1 Å². The summed E-state index contributed by atoms with van der Waals surface area (Å²) >= 11 is 0. The molecule has 4 atom stereocenters. The van der Waals surface area contributed by atoms with Gasteiger partial charge >= 0.3 is 0 Å². The zero-order valence-corrected chi connectivity index (χ0v) is 36.9. The van der Waals surface area contributed by atoms with Gasteiger partial charge in [-0.1, -0.05) is 44.2 Å². The van der Waals surface area contributed by atoms with Gasteiger partial charge in [-0.3, -0.25) is 29.2 Å².